The Morgan fingerprint density at radius 3 is 0.862 bits per heavy atom. The summed E-state index contributed by atoms with van der Waals surface area (Å²) in [5.74, 6) is -5.19. The Bertz CT molecular complexity index is 3050. The number of amides is 9. The highest BCUT2D eigenvalue weighted by Gasteiger charge is 2.32. The Morgan fingerprint density at radius 2 is 0.564 bits per heavy atom. The zero-order chi connectivity index (χ0) is 68.8. The Hall–Kier alpha value is -7.98. The smallest absolute Gasteiger partial charge is 0.242 e. The molecule has 0 bridgehead atoms. The van der Waals surface area contributed by atoms with Crippen LogP contribution < -0.4 is 22.9 Å². The maximum Gasteiger partial charge on any atom is 0.242 e. The molecule has 26 nitrogen and oxygen atoms in total. The normalized spacial score (nSPS) is 11.1. The number of hydrogen-bond donors (Lipinski definition) is 4. The van der Waals surface area contributed by atoms with Gasteiger partial charge in [-0.25, -0.2) is 0 Å². The van der Waals surface area contributed by atoms with Gasteiger partial charge in [-0.1, -0.05) is 84.9 Å². The second kappa shape index (κ2) is 43.8. The van der Waals surface area contributed by atoms with Crippen molar-refractivity contribution >= 4 is 80.5 Å². The minimum Gasteiger partial charge on any atom is -0.383 e. The molecule has 4 aromatic rings. The number of hydrogen-bond acceptors (Lipinski definition) is 17. The maximum atomic E-state index is 15.2. The van der Waals surface area contributed by atoms with Crippen LogP contribution in [0.1, 0.15) is 76.3 Å². The first-order valence-corrected chi connectivity index (χ1v) is 32.5. The minimum absolute atomic E-state index is 0.0109. The van der Waals surface area contributed by atoms with E-state index in [1.54, 1.807) is 0 Å². The van der Waals surface area contributed by atoms with E-state index in [-0.39, 0.29) is 110 Å². The molecule has 518 valence electrons. The quantitative estimate of drug-likeness (QED) is 0.0457. The largest absolute Gasteiger partial charge is 0.383 e. The van der Waals surface area contributed by atoms with E-state index in [4.69, 9.17) is 37.1 Å². The number of ketones is 1. The van der Waals surface area contributed by atoms with Crippen molar-refractivity contribution in [2.45, 2.75) is 78.3 Å². The van der Waals surface area contributed by atoms with Crippen molar-refractivity contribution in [3.63, 3.8) is 0 Å². The molecule has 26 heteroatoms. The van der Waals surface area contributed by atoms with Gasteiger partial charge < -0.3 is 81.2 Å². The summed E-state index contributed by atoms with van der Waals surface area (Å²) in [6, 6.07) is 26.4. The first kappa shape index (κ1) is 78.5. The van der Waals surface area contributed by atoms with Gasteiger partial charge in [0.1, 0.15) is 18.9 Å². The summed E-state index contributed by atoms with van der Waals surface area (Å²) in [5, 5.41) is 3.44. The molecule has 4 aromatic carbocycles. The van der Waals surface area contributed by atoms with Crippen LogP contribution in [0.3, 0.4) is 0 Å². The third-order valence-electron chi connectivity index (χ3n) is 16.0. The van der Waals surface area contributed by atoms with Crippen LogP contribution in [0.2, 0.25) is 0 Å². The molecule has 0 aliphatic heterocycles. The second-order valence-corrected chi connectivity index (χ2v) is 23.3. The lowest BCUT2D eigenvalue weighted by molar-refractivity contribution is -0.149. The van der Waals surface area contributed by atoms with E-state index in [1.165, 1.54) is 79.3 Å². The van der Waals surface area contributed by atoms with Crippen molar-refractivity contribution in [2.24, 2.45) is 22.9 Å². The third-order valence-corrected chi connectivity index (χ3v) is 16.0. The number of carbonyl (C=O) groups excluding carboxylic acids is 10. The number of fused-ring (bicyclic) bond motifs is 2. The number of benzene rings is 4. The molecule has 0 unspecified atom stereocenters. The minimum atomic E-state index is -0.649. The zero-order valence-corrected chi connectivity index (χ0v) is 56.1. The van der Waals surface area contributed by atoms with Crippen LogP contribution in [-0.2, 0) is 75.2 Å². The van der Waals surface area contributed by atoms with Crippen molar-refractivity contribution < 1.29 is 62.2 Å². The van der Waals surface area contributed by atoms with Crippen LogP contribution >= 0.6 is 0 Å². The average molecular weight is 1310 g/mol. The lowest BCUT2D eigenvalue weighted by atomic mass is 10.0. The molecule has 0 aliphatic carbocycles. The number of ether oxygens (including phenoxy) is 3. The van der Waals surface area contributed by atoms with Crippen LogP contribution in [-0.4, -0.2) is 275 Å². The number of nitrogens with zero attached hydrogens (tertiary/aromatic N) is 9. The molecule has 0 aromatic heterocycles. The van der Waals surface area contributed by atoms with Gasteiger partial charge in [-0.05, 0) is 117 Å². The Kier molecular flexibility index (Phi) is 36.6. The van der Waals surface area contributed by atoms with E-state index in [0.717, 1.165) is 27.1 Å². The molecule has 0 atom stereocenters. The van der Waals surface area contributed by atoms with Gasteiger partial charge in [0.2, 0.25) is 53.2 Å². The zero-order valence-electron chi connectivity index (χ0n) is 56.1. The maximum absolute atomic E-state index is 15.2. The van der Waals surface area contributed by atoms with Crippen LogP contribution in [0.25, 0.3) is 21.5 Å². The molecule has 0 heterocycles. The number of methoxy groups -OCH3 is 3. The van der Waals surface area contributed by atoms with Crippen molar-refractivity contribution in [3.8, 4) is 0 Å². The van der Waals surface area contributed by atoms with Crippen molar-refractivity contribution in [1.29, 1.82) is 0 Å². The first-order valence-electron chi connectivity index (χ1n) is 32.5. The predicted octanol–water partition coefficient (Wildman–Crippen LogP) is 1.65. The van der Waals surface area contributed by atoms with Crippen LogP contribution in [0.5, 0.6) is 0 Å². The van der Waals surface area contributed by atoms with Gasteiger partial charge in [-0.3, -0.25) is 47.9 Å². The summed E-state index contributed by atoms with van der Waals surface area (Å²) in [7, 11) is 4.36. The van der Waals surface area contributed by atoms with E-state index in [2.05, 4.69) is 0 Å². The Balaban J connectivity index is 1.71. The molecule has 0 saturated carbocycles. The van der Waals surface area contributed by atoms with E-state index in [1.807, 2.05) is 84.9 Å². The van der Waals surface area contributed by atoms with Gasteiger partial charge in [0.15, 0.2) is 0 Å². The van der Waals surface area contributed by atoms with E-state index in [0.29, 0.717) is 76.6 Å². The summed E-state index contributed by atoms with van der Waals surface area (Å²) in [6.45, 7) is 0.640. The summed E-state index contributed by atoms with van der Waals surface area (Å²) < 4.78 is 16.0. The molecule has 0 fully saturated rings. The number of rotatable bonds is 47. The van der Waals surface area contributed by atoms with Gasteiger partial charge in [0, 0.05) is 87.2 Å². The first-order chi connectivity index (χ1) is 45.3. The fourth-order valence-corrected chi connectivity index (χ4v) is 10.6. The Labute approximate surface area is 554 Å². The highest BCUT2D eigenvalue weighted by Crippen LogP contribution is 2.23. The molecule has 0 radical (unpaired) electrons. The van der Waals surface area contributed by atoms with Gasteiger partial charge in [-0.2, -0.15) is 0 Å². The van der Waals surface area contributed by atoms with E-state index in [9.17, 15) is 38.4 Å². The number of carbonyl (C=O) groups is 10. The number of unbranched alkanes of at least 4 members (excludes halogenated alkanes) is 4. The van der Waals surface area contributed by atoms with Crippen LogP contribution in [0.15, 0.2) is 84.9 Å². The van der Waals surface area contributed by atoms with Crippen LogP contribution in [0, 0.1) is 0 Å². The molecule has 0 saturated heterocycles. The summed E-state index contributed by atoms with van der Waals surface area (Å²) in [6.07, 6.45) is 3.93. The van der Waals surface area contributed by atoms with Crippen LogP contribution in [0.4, 0.5) is 0 Å². The molecular formula is C68H103N13O13. The standard InChI is InChI=1S/C68H103N13O13/c1-53(82)42-74(32-14-10-28-69)65(88)51-80(43-57-24-18-22-55-20-6-8-26-59(55)57)67(90)49-77(35-17-13-31-72)63(86)48-79(38-41-94-5)66(89)52-81(44-58-25-19-23-56-21-7-9-27-60(56)58)68(91)50-76(34-16-12-30-71)62(85)47-78(37-40-93-4)64(87)46-75(33-15-11-29-70)61(84)45-73(54(2)83)36-39-92-3/h6-9,18-27H,10-17,28-52,69-72H2,1-5H3. The molecule has 94 heavy (non-hydrogen) atoms. The summed E-state index contributed by atoms with van der Waals surface area (Å²) in [5.41, 5.74) is 24.9. The molecular weight excluding hydrogens is 1210 g/mol. The lowest BCUT2D eigenvalue weighted by Crippen LogP contribution is -2.53. The van der Waals surface area contributed by atoms with Gasteiger partial charge in [0.25, 0.3) is 0 Å². The second-order valence-electron chi connectivity index (χ2n) is 23.3. The average Bonchev–Trinajstić information content (AvgIpc) is 0.868. The summed E-state index contributed by atoms with van der Waals surface area (Å²) in [4.78, 5) is 154. The molecule has 0 spiro atoms. The van der Waals surface area contributed by atoms with E-state index >= 15 is 9.59 Å². The third kappa shape index (κ3) is 27.2. The lowest BCUT2D eigenvalue weighted by Gasteiger charge is -2.33. The molecule has 4 rings (SSSR count). The monoisotopic (exact) mass is 1310 g/mol. The van der Waals surface area contributed by atoms with Crippen molar-refractivity contribution in [3.05, 3.63) is 96.1 Å². The Morgan fingerprint density at radius 1 is 0.309 bits per heavy atom. The van der Waals surface area contributed by atoms with Gasteiger partial charge >= 0.3 is 0 Å². The predicted molar refractivity (Wildman–Crippen MR) is 360 cm³/mol. The molecule has 9 amide bonds. The van der Waals surface area contributed by atoms with E-state index < -0.39 is 93.1 Å². The fraction of sp³-hybridized carbons (Fsp3) is 0.559. The topological polar surface area (TPSA) is 332 Å². The highest BCUT2D eigenvalue weighted by molar-refractivity contribution is 5.95. The SMILES string of the molecule is COCCN(CC(=O)N(CCCCN)CC(=O)N(CCOC)CC(=O)N(CCCCN)CC(=O)N(CC(=O)N(CCOC)CC(=O)N(CCCCN)CC(=O)N(CC(=O)N(CCCCN)CC(C)=O)Cc1cccc2ccccc12)Cc1cccc2ccccc12)C(C)=O. The van der Waals surface area contributed by atoms with Crippen molar-refractivity contribution in [2.75, 3.05) is 172 Å². The fourth-order valence-electron chi connectivity index (χ4n) is 10.6. The molecule has 8 N–H and O–H groups in total. The highest BCUT2D eigenvalue weighted by atomic mass is 16.5. The molecule has 0 aliphatic rings. The van der Waals surface area contributed by atoms with Gasteiger partial charge in [0.05, 0.1) is 65.6 Å². The number of Topliss-reactive ketones (excluding diaryl/α,β-unsaturated/α-hetero) is 1. The summed E-state index contributed by atoms with van der Waals surface area (Å²) >= 11 is 0. The number of nitrogens with two attached hydrogens (primary N) is 4. The van der Waals surface area contributed by atoms with Crippen molar-refractivity contribution in [1.82, 2.24) is 44.1 Å². The van der Waals surface area contributed by atoms with Gasteiger partial charge in [-0.15, -0.1) is 0 Å².